The summed E-state index contributed by atoms with van der Waals surface area (Å²) in [6, 6.07) is 7.38. The number of rotatable bonds is 6. The van der Waals surface area contributed by atoms with Crippen LogP contribution in [0, 0.1) is 0 Å². The van der Waals surface area contributed by atoms with Gasteiger partial charge in [0.25, 0.3) is 15.9 Å². The van der Waals surface area contributed by atoms with Crippen molar-refractivity contribution in [2.45, 2.75) is 24.8 Å². The zero-order chi connectivity index (χ0) is 17.7. The molecule has 128 valence electrons. The maximum atomic E-state index is 12.4. The van der Waals surface area contributed by atoms with Crippen LogP contribution in [0.5, 0.6) is 5.75 Å². The van der Waals surface area contributed by atoms with Crippen molar-refractivity contribution in [2.75, 3.05) is 11.8 Å². The highest BCUT2D eigenvalue weighted by Crippen LogP contribution is 2.19. The first kappa shape index (κ1) is 17.7. The lowest BCUT2D eigenvalue weighted by Gasteiger charge is -2.11. The van der Waals surface area contributed by atoms with Crippen LogP contribution in [0.1, 0.15) is 24.2 Å². The molecular formula is C16H19N3O4S. The Morgan fingerprint density at radius 3 is 2.42 bits per heavy atom. The molecule has 0 atom stereocenters. The monoisotopic (exact) mass is 349 g/mol. The van der Waals surface area contributed by atoms with E-state index in [1.54, 1.807) is 12.1 Å². The van der Waals surface area contributed by atoms with Gasteiger partial charge < -0.3 is 10.1 Å². The summed E-state index contributed by atoms with van der Waals surface area (Å²) in [6.45, 7) is 3.67. The van der Waals surface area contributed by atoms with Gasteiger partial charge in [-0.25, -0.2) is 8.42 Å². The van der Waals surface area contributed by atoms with Crippen molar-refractivity contribution in [3.05, 3.63) is 48.3 Å². The van der Waals surface area contributed by atoms with E-state index in [0.29, 0.717) is 5.75 Å². The van der Waals surface area contributed by atoms with Crippen molar-refractivity contribution < 1.29 is 17.9 Å². The van der Waals surface area contributed by atoms with Gasteiger partial charge in [-0.05, 0) is 44.2 Å². The number of benzene rings is 1. The van der Waals surface area contributed by atoms with E-state index in [1.165, 1.54) is 37.7 Å². The van der Waals surface area contributed by atoms with Gasteiger partial charge in [0.2, 0.25) is 0 Å². The molecule has 2 N–H and O–H groups in total. The molecule has 1 aromatic carbocycles. The Bertz CT molecular complexity index is 817. The number of ether oxygens (including phenoxy) is 1. The van der Waals surface area contributed by atoms with Gasteiger partial charge in [-0.1, -0.05) is 0 Å². The number of hydrogen-bond acceptors (Lipinski definition) is 5. The van der Waals surface area contributed by atoms with Gasteiger partial charge in [-0.2, -0.15) is 0 Å². The van der Waals surface area contributed by atoms with Gasteiger partial charge in [0.1, 0.15) is 5.75 Å². The molecule has 0 aliphatic heterocycles. The van der Waals surface area contributed by atoms with Crippen LogP contribution < -0.4 is 14.8 Å². The van der Waals surface area contributed by atoms with E-state index in [4.69, 9.17) is 4.74 Å². The second kappa shape index (κ2) is 7.31. The zero-order valence-corrected chi connectivity index (χ0v) is 14.4. The quantitative estimate of drug-likeness (QED) is 0.832. The van der Waals surface area contributed by atoms with E-state index >= 15 is 0 Å². The van der Waals surface area contributed by atoms with E-state index in [1.807, 2.05) is 13.8 Å². The summed E-state index contributed by atoms with van der Waals surface area (Å²) in [4.78, 5) is 16.0. The number of nitrogens with zero attached hydrogens (tertiary/aromatic N) is 1. The van der Waals surface area contributed by atoms with E-state index in [-0.39, 0.29) is 28.1 Å². The minimum Gasteiger partial charge on any atom is -0.497 e. The maximum Gasteiger partial charge on any atom is 0.261 e. The molecule has 0 saturated carbocycles. The van der Waals surface area contributed by atoms with Crippen molar-refractivity contribution >= 4 is 21.6 Å². The van der Waals surface area contributed by atoms with Crippen LogP contribution in [0.4, 0.5) is 5.69 Å². The number of pyridine rings is 1. The van der Waals surface area contributed by atoms with Gasteiger partial charge in [-0.3, -0.25) is 14.5 Å². The highest BCUT2D eigenvalue weighted by molar-refractivity contribution is 7.92. The number of methoxy groups -OCH3 is 1. The summed E-state index contributed by atoms with van der Waals surface area (Å²) >= 11 is 0. The standard InChI is InChI=1S/C16H19N3O4S/c1-11(2)18-16(20)12-8-13(10-17-9-12)19-24(21,22)15-6-4-14(23-3)5-7-15/h4-11,19H,1-3H3,(H,18,20). The van der Waals surface area contributed by atoms with Crippen molar-refractivity contribution in [3.63, 3.8) is 0 Å². The Morgan fingerprint density at radius 1 is 1.17 bits per heavy atom. The first-order valence-electron chi connectivity index (χ1n) is 7.24. The Balaban J connectivity index is 2.21. The summed E-state index contributed by atoms with van der Waals surface area (Å²) in [6.07, 6.45) is 2.72. The normalized spacial score (nSPS) is 11.2. The van der Waals surface area contributed by atoms with Gasteiger partial charge in [0, 0.05) is 12.2 Å². The van der Waals surface area contributed by atoms with Crippen LogP contribution in [-0.2, 0) is 10.0 Å². The number of carbonyl (C=O) groups excluding carboxylic acids is 1. The molecule has 8 heteroatoms. The molecule has 7 nitrogen and oxygen atoms in total. The number of sulfonamides is 1. The van der Waals surface area contributed by atoms with Gasteiger partial charge in [0.05, 0.1) is 29.5 Å². The summed E-state index contributed by atoms with van der Waals surface area (Å²) in [5.74, 6) is 0.242. The van der Waals surface area contributed by atoms with Crippen molar-refractivity contribution in [1.29, 1.82) is 0 Å². The van der Waals surface area contributed by atoms with Crippen LogP contribution in [0.2, 0.25) is 0 Å². The van der Waals surface area contributed by atoms with Gasteiger partial charge in [-0.15, -0.1) is 0 Å². The molecular weight excluding hydrogens is 330 g/mol. The molecule has 0 unspecified atom stereocenters. The average Bonchev–Trinajstić information content (AvgIpc) is 2.54. The maximum absolute atomic E-state index is 12.4. The lowest BCUT2D eigenvalue weighted by atomic mass is 10.2. The Morgan fingerprint density at radius 2 is 1.83 bits per heavy atom. The van der Waals surface area contributed by atoms with Gasteiger partial charge in [0.15, 0.2) is 0 Å². The molecule has 0 aliphatic carbocycles. The first-order valence-corrected chi connectivity index (χ1v) is 8.73. The fourth-order valence-corrected chi connectivity index (χ4v) is 2.97. The third-order valence-corrected chi connectivity index (χ3v) is 4.44. The highest BCUT2D eigenvalue weighted by Gasteiger charge is 2.16. The summed E-state index contributed by atoms with van der Waals surface area (Å²) in [5, 5.41) is 2.72. The lowest BCUT2D eigenvalue weighted by Crippen LogP contribution is -2.30. The van der Waals surface area contributed by atoms with Crippen LogP contribution in [0.25, 0.3) is 0 Å². The molecule has 0 saturated heterocycles. The second-order valence-electron chi connectivity index (χ2n) is 5.37. The SMILES string of the molecule is COc1ccc(S(=O)(=O)Nc2cncc(C(=O)NC(C)C)c2)cc1. The van der Waals surface area contributed by atoms with Crippen LogP contribution in [0.15, 0.2) is 47.6 Å². The fraction of sp³-hybridized carbons (Fsp3) is 0.250. The molecule has 0 fully saturated rings. The van der Waals surface area contributed by atoms with Crippen LogP contribution in [-0.4, -0.2) is 32.5 Å². The third kappa shape index (κ3) is 4.45. The smallest absolute Gasteiger partial charge is 0.261 e. The number of aromatic nitrogens is 1. The predicted octanol–water partition coefficient (Wildman–Crippen LogP) is 2.03. The minimum absolute atomic E-state index is 0.0304. The molecule has 1 aromatic heterocycles. The molecule has 0 bridgehead atoms. The number of anilines is 1. The molecule has 0 aliphatic rings. The molecule has 2 aromatic rings. The van der Waals surface area contributed by atoms with E-state index in [9.17, 15) is 13.2 Å². The predicted molar refractivity (Wildman–Crippen MR) is 90.6 cm³/mol. The fourth-order valence-electron chi connectivity index (χ4n) is 1.93. The van der Waals surface area contributed by atoms with Crippen molar-refractivity contribution in [2.24, 2.45) is 0 Å². The Hall–Kier alpha value is -2.61. The molecule has 1 amide bonds. The van der Waals surface area contributed by atoms with Crippen molar-refractivity contribution in [1.82, 2.24) is 10.3 Å². The zero-order valence-electron chi connectivity index (χ0n) is 13.6. The van der Waals surface area contributed by atoms with E-state index in [2.05, 4.69) is 15.0 Å². The third-order valence-electron chi connectivity index (χ3n) is 3.04. The molecule has 0 radical (unpaired) electrons. The second-order valence-corrected chi connectivity index (χ2v) is 7.05. The summed E-state index contributed by atoms with van der Waals surface area (Å²) in [5.41, 5.74) is 0.487. The first-order chi connectivity index (χ1) is 11.3. The number of amides is 1. The molecule has 2 rings (SSSR count). The lowest BCUT2D eigenvalue weighted by molar-refractivity contribution is 0.0943. The molecule has 24 heavy (non-hydrogen) atoms. The largest absolute Gasteiger partial charge is 0.497 e. The minimum atomic E-state index is -3.78. The topological polar surface area (TPSA) is 97.4 Å². The average molecular weight is 349 g/mol. The highest BCUT2D eigenvalue weighted by atomic mass is 32.2. The van der Waals surface area contributed by atoms with Crippen molar-refractivity contribution in [3.8, 4) is 5.75 Å². The summed E-state index contributed by atoms with van der Waals surface area (Å²) in [7, 11) is -2.28. The number of nitrogens with one attached hydrogen (secondary N) is 2. The Labute approximate surface area is 141 Å². The van der Waals surface area contributed by atoms with Crippen LogP contribution >= 0.6 is 0 Å². The Kier molecular flexibility index (Phi) is 5.40. The van der Waals surface area contributed by atoms with E-state index < -0.39 is 10.0 Å². The number of carbonyl (C=O) groups is 1. The number of hydrogen-bond donors (Lipinski definition) is 2. The molecule has 1 heterocycles. The van der Waals surface area contributed by atoms with Gasteiger partial charge >= 0.3 is 0 Å². The van der Waals surface area contributed by atoms with Crippen LogP contribution in [0.3, 0.4) is 0 Å². The molecule has 0 spiro atoms. The summed E-state index contributed by atoms with van der Waals surface area (Å²) < 4.78 is 32.2. The van der Waals surface area contributed by atoms with E-state index in [0.717, 1.165) is 0 Å².